The van der Waals surface area contributed by atoms with Crippen LogP contribution >= 0.6 is 27.5 Å². The third kappa shape index (κ3) is 6.28. The van der Waals surface area contributed by atoms with E-state index >= 15 is 0 Å². The molecular formula is C14H20BrClO2S. The van der Waals surface area contributed by atoms with Crippen molar-refractivity contribution >= 4 is 37.4 Å². The zero-order valence-corrected chi connectivity index (χ0v) is 14.3. The molecule has 19 heavy (non-hydrogen) atoms. The van der Waals surface area contributed by atoms with Crippen molar-refractivity contribution in [1.29, 1.82) is 0 Å². The summed E-state index contributed by atoms with van der Waals surface area (Å²) in [6.45, 7) is 1.89. The van der Waals surface area contributed by atoms with Gasteiger partial charge in [0.05, 0.1) is 5.75 Å². The Labute approximate surface area is 129 Å². The van der Waals surface area contributed by atoms with Gasteiger partial charge in [0, 0.05) is 16.1 Å². The molecule has 108 valence electrons. The van der Waals surface area contributed by atoms with Gasteiger partial charge in [0.15, 0.2) is 0 Å². The monoisotopic (exact) mass is 366 g/mol. The van der Waals surface area contributed by atoms with E-state index in [4.69, 9.17) is 11.6 Å². The van der Waals surface area contributed by atoms with Crippen molar-refractivity contribution in [1.82, 2.24) is 0 Å². The molecule has 0 N–H and O–H groups in total. The molecule has 1 unspecified atom stereocenters. The summed E-state index contributed by atoms with van der Waals surface area (Å²) >= 11 is 9.60. The summed E-state index contributed by atoms with van der Waals surface area (Å²) in [5.74, 6) is 0.849. The molecule has 1 atom stereocenters. The predicted octanol–water partition coefficient (Wildman–Crippen LogP) is 4.11. The molecule has 0 spiro atoms. The van der Waals surface area contributed by atoms with Crippen molar-refractivity contribution < 1.29 is 8.42 Å². The first kappa shape index (κ1) is 17.0. The van der Waals surface area contributed by atoms with Crippen LogP contribution in [0.4, 0.5) is 0 Å². The van der Waals surface area contributed by atoms with Gasteiger partial charge < -0.3 is 0 Å². The minimum atomic E-state index is -2.89. The largest absolute Gasteiger partial charge is 0.229 e. The number of benzene rings is 1. The Bertz CT molecular complexity index is 488. The summed E-state index contributed by atoms with van der Waals surface area (Å²) < 4.78 is 23.5. The normalized spacial score (nSPS) is 13.4. The Hall–Kier alpha value is -0.0600. The average molecular weight is 368 g/mol. The summed E-state index contributed by atoms with van der Waals surface area (Å²) in [7, 11) is -2.89. The SMILES string of the molecule is CCCS(=O)(=O)CCC(CBr)Cc1ccccc1Cl. The Kier molecular flexibility index (Phi) is 7.40. The fourth-order valence-electron chi connectivity index (χ4n) is 1.97. The smallest absolute Gasteiger partial charge is 0.150 e. The molecule has 5 heteroatoms. The Balaban J connectivity index is 2.58. The van der Waals surface area contributed by atoms with Crippen molar-refractivity contribution in [3.8, 4) is 0 Å². The Morgan fingerprint density at radius 2 is 1.95 bits per heavy atom. The molecule has 0 amide bonds. The van der Waals surface area contributed by atoms with E-state index in [1.807, 2.05) is 31.2 Å². The molecule has 0 aliphatic heterocycles. The molecule has 0 bridgehead atoms. The lowest BCUT2D eigenvalue weighted by Crippen LogP contribution is -2.16. The molecule has 0 saturated carbocycles. The van der Waals surface area contributed by atoms with Gasteiger partial charge in [-0.25, -0.2) is 8.42 Å². The molecule has 1 aromatic carbocycles. The predicted molar refractivity (Wildman–Crippen MR) is 86.0 cm³/mol. The summed E-state index contributed by atoms with van der Waals surface area (Å²) in [6.07, 6.45) is 2.18. The van der Waals surface area contributed by atoms with Gasteiger partial charge in [0.25, 0.3) is 0 Å². The maximum Gasteiger partial charge on any atom is 0.150 e. The van der Waals surface area contributed by atoms with E-state index in [0.717, 1.165) is 22.3 Å². The van der Waals surface area contributed by atoms with E-state index in [9.17, 15) is 8.42 Å². The van der Waals surface area contributed by atoms with Crippen LogP contribution in [0, 0.1) is 5.92 Å². The van der Waals surface area contributed by atoms with Crippen LogP contribution in [0.25, 0.3) is 0 Å². The van der Waals surface area contributed by atoms with Gasteiger partial charge in [0.2, 0.25) is 0 Å². The van der Waals surface area contributed by atoms with E-state index in [0.29, 0.717) is 18.8 Å². The Morgan fingerprint density at radius 3 is 2.53 bits per heavy atom. The fourth-order valence-corrected chi connectivity index (χ4v) is 4.25. The van der Waals surface area contributed by atoms with E-state index in [-0.39, 0.29) is 11.5 Å². The van der Waals surface area contributed by atoms with Crippen molar-refractivity contribution in [2.75, 3.05) is 16.8 Å². The minimum absolute atomic E-state index is 0.265. The van der Waals surface area contributed by atoms with Crippen LogP contribution < -0.4 is 0 Å². The molecule has 0 aromatic heterocycles. The molecular weight excluding hydrogens is 348 g/mol. The van der Waals surface area contributed by atoms with Gasteiger partial charge in [-0.3, -0.25) is 0 Å². The number of alkyl halides is 1. The first-order valence-corrected chi connectivity index (χ1v) is 9.80. The molecule has 0 aliphatic rings. The van der Waals surface area contributed by atoms with Crippen LogP contribution in [-0.2, 0) is 16.3 Å². The summed E-state index contributed by atoms with van der Waals surface area (Å²) in [5.41, 5.74) is 1.08. The van der Waals surface area contributed by atoms with Crippen LogP contribution in [0.15, 0.2) is 24.3 Å². The number of hydrogen-bond acceptors (Lipinski definition) is 2. The summed E-state index contributed by atoms with van der Waals surface area (Å²) in [5, 5.41) is 1.55. The van der Waals surface area contributed by atoms with Gasteiger partial charge in [-0.15, -0.1) is 0 Å². The zero-order valence-electron chi connectivity index (χ0n) is 11.1. The molecule has 0 fully saturated rings. The topological polar surface area (TPSA) is 34.1 Å². The summed E-state index contributed by atoms with van der Waals surface area (Å²) in [6, 6.07) is 7.73. The molecule has 0 aliphatic carbocycles. The van der Waals surface area contributed by atoms with Crippen molar-refractivity contribution in [2.45, 2.75) is 26.2 Å². The highest BCUT2D eigenvalue weighted by atomic mass is 79.9. The standard InChI is InChI=1S/C14H20BrClO2S/c1-2-8-19(17,18)9-7-12(11-15)10-13-5-3-4-6-14(13)16/h3-6,12H,2,7-11H2,1H3. The first-order valence-electron chi connectivity index (χ1n) is 6.48. The van der Waals surface area contributed by atoms with Crippen LogP contribution in [-0.4, -0.2) is 25.3 Å². The highest BCUT2D eigenvalue weighted by Gasteiger charge is 2.15. The molecule has 1 aromatic rings. The lowest BCUT2D eigenvalue weighted by molar-refractivity contribution is 0.552. The maximum absolute atomic E-state index is 11.7. The quantitative estimate of drug-likeness (QED) is 0.648. The molecule has 0 heterocycles. The van der Waals surface area contributed by atoms with E-state index < -0.39 is 9.84 Å². The lowest BCUT2D eigenvalue weighted by Gasteiger charge is -2.15. The molecule has 2 nitrogen and oxygen atoms in total. The van der Waals surface area contributed by atoms with E-state index in [1.54, 1.807) is 0 Å². The maximum atomic E-state index is 11.7. The number of rotatable bonds is 8. The third-order valence-corrected chi connectivity index (χ3v) is 6.21. The first-order chi connectivity index (χ1) is 8.98. The average Bonchev–Trinajstić information content (AvgIpc) is 2.36. The molecule has 0 radical (unpaired) electrons. The second-order valence-corrected chi connectivity index (χ2v) is 8.11. The number of halogens is 2. The zero-order chi connectivity index (χ0) is 14.3. The third-order valence-electron chi connectivity index (χ3n) is 3.04. The van der Waals surface area contributed by atoms with Crippen molar-refractivity contribution in [3.05, 3.63) is 34.9 Å². The number of sulfone groups is 1. The highest BCUT2D eigenvalue weighted by Crippen LogP contribution is 2.22. The van der Waals surface area contributed by atoms with Crippen LogP contribution in [0.5, 0.6) is 0 Å². The van der Waals surface area contributed by atoms with Gasteiger partial charge in [-0.1, -0.05) is 52.7 Å². The number of hydrogen-bond donors (Lipinski definition) is 0. The lowest BCUT2D eigenvalue weighted by atomic mass is 9.99. The molecule has 0 saturated heterocycles. The van der Waals surface area contributed by atoms with Gasteiger partial charge in [-0.2, -0.15) is 0 Å². The molecule has 1 rings (SSSR count). The van der Waals surface area contributed by atoms with Crippen LogP contribution in [0.2, 0.25) is 5.02 Å². The van der Waals surface area contributed by atoms with Crippen molar-refractivity contribution in [3.63, 3.8) is 0 Å². The van der Waals surface area contributed by atoms with Gasteiger partial charge in [0.1, 0.15) is 9.84 Å². The second-order valence-electron chi connectivity index (χ2n) is 4.76. The summed E-state index contributed by atoms with van der Waals surface area (Å²) in [4.78, 5) is 0. The minimum Gasteiger partial charge on any atom is -0.229 e. The van der Waals surface area contributed by atoms with Crippen LogP contribution in [0.1, 0.15) is 25.3 Å². The van der Waals surface area contributed by atoms with Gasteiger partial charge in [-0.05, 0) is 36.8 Å². The van der Waals surface area contributed by atoms with E-state index in [2.05, 4.69) is 15.9 Å². The van der Waals surface area contributed by atoms with Crippen LogP contribution in [0.3, 0.4) is 0 Å². The van der Waals surface area contributed by atoms with E-state index in [1.165, 1.54) is 0 Å². The fraction of sp³-hybridized carbons (Fsp3) is 0.571. The Morgan fingerprint density at radius 1 is 1.26 bits per heavy atom. The second kappa shape index (κ2) is 8.28. The van der Waals surface area contributed by atoms with Gasteiger partial charge >= 0.3 is 0 Å². The van der Waals surface area contributed by atoms with Crippen molar-refractivity contribution in [2.24, 2.45) is 5.92 Å². The highest BCUT2D eigenvalue weighted by molar-refractivity contribution is 9.09.